The lowest BCUT2D eigenvalue weighted by Gasteiger charge is -2.26. The first kappa shape index (κ1) is 25.2. The number of nitrogens with zero attached hydrogens (tertiary/aromatic N) is 2. The number of hydrogen-bond acceptors (Lipinski definition) is 5. The van der Waals surface area contributed by atoms with E-state index in [4.69, 9.17) is 16.6 Å². The Kier molecular flexibility index (Phi) is 6.69. The van der Waals surface area contributed by atoms with Crippen LogP contribution in [0.1, 0.15) is 69.6 Å². The van der Waals surface area contributed by atoms with Crippen molar-refractivity contribution in [3.05, 3.63) is 107 Å². The van der Waals surface area contributed by atoms with E-state index in [0.29, 0.717) is 28.1 Å². The van der Waals surface area contributed by atoms with E-state index < -0.39 is 18.0 Å². The molecule has 38 heavy (non-hydrogen) atoms. The second-order valence-electron chi connectivity index (χ2n) is 9.35. The second-order valence-corrected chi connectivity index (χ2v) is 9.74. The molecule has 3 N–H and O–H groups in total. The van der Waals surface area contributed by atoms with Gasteiger partial charge in [0.2, 0.25) is 0 Å². The SMILES string of the molecule is CC(C)c1ccc(N2C(=S)N[C@@H](c3ccccn3)[C@@H]2c2ccc(-c3cc(C(=O)O)cc(C(=O)O)c3)o2)cc1. The molecule has 1 aliphatic heterocycles. The average molecular weight is 528 g/mol. The molecule has 1 saturated heterocycles. The number of carbonyl (C=O) groups is 2. The van der Waals surface area contributed by atoms with Crippen molar-refractivity contribution in [1.29, 1.82) is 0 Å². The lowest BCUT2D eigenvalue weighted by atomic mass is 10.0. The molecule has 2 aromatic carbocycles. The lowest BCUT2D eigenvalue weighted by Crippen LogP contribution is -2.29. The van der Waals surface area contributed by atoms with Gasteiger partial charge in [0, 0.05) is 17.4 Å². The third-order valence-electron chi connectivity index (χ3n) is 6.57. The molecule has 1 aliphatic rings. The number of pyridine rings is 1. The molecule has 0 saturated carbocycles. The monoisotopic (exact) mass is 527 g/mol. The Morgan fingerprint density at radius 1 is 0.974 bits per heavy atom. The lowest BCUT2D eigenvalue weighted by molar-refractivity contribution is 0.0696. The largest absolute Gasteiger partial charge is 0.478 e. The fraction of sp³-hybridized carbons (Fsp3) is 0.172. The van der Waals surface area contributed by atoms with Gasteiger partial charge in [0.25, 0.3) is 0 Å². The molecule has 0 aliphatic carbocycles. The molecular formula is C29H25N3O5S. The standard InChI is InChI=1S/C29H25N3O5S/c1-16(2)17-6-8-21(9-7-17)32-26(25(31-29(32)38)22-5-3-4-12-30-22)24-11-10-23(37-24)18-13-19(27(33)34)15-20(14-18)28(35)36/h3-16,25-26H,1-2H3,(H,31,38)(H,33,34)(H,35,36)/t25-,26-/m0/s1. The molecule has 0 radical (unpaired) electrons. The molecule has 2 atom stereocenters. The van der Waals surface area contributed by atoms with E-state index in [1.54, 1.807) is 18.3 Å². The predicted octanol–water partition coefficient (Wildman–Crippen LogP) is 6.04. The molecular weight excluding hydrogens is 502 g/mol. The van der Waals surface area contributed by atoms with Gasteiger partial charge in [-0.15, -0.1) is 0 Å². The predicted molar refractivity (Wildman–Crippen MR) is 147 cm³/mol. The zero-order valence-corrected chi connectivity index (χ0v) is 21.5. The molecule has 0 amide bonds. The molecule has 192 valence electrons. The Balaban J connectivity index is 1.60. The van der Waals surface area contributed by atoms with Gasteiger partial charge in [-0.3, -0.25) is 4.98 Å². The summed E-state index contributed by atoms with van der Waals surface area (Å²) >= 11 is 5.77. The van der Waals surface area contributed by atoms with Crippen LogP contribution in [0.5, 0.6) is 0 Å². The van der Waals surface area contributed by atoms with E-state index in [2.05, 4.69) is 36.3 Å². The number of thiocarbonyl (C=S) groups is 1. The maximum Gasteiger partial charge on any atom is 0.335 e. The summed E-state index contributed by atoms with van der Waals surface area (Å²) in [4.78, 5) is 29.8. The van der Waals surface area contributed by atoms with Gasteiger partial charge in [-0.25, -0.2) is 9.59 Å². The smallest absolute Gasteiger partial charge is 0.335 e. The highest BCUT2D eigenvalue weighted by molar-refractivity contribution is 7.80. The normalized spacial score (nSPS) is 17.0. The first-order chi connectivity index (χ1) is 18.2. The molecule has 9 heteroatoms. The summed E-state index contributed by atoms with van der Waals surface area (Å²) in [5.41, 5.74) is 2.94. The van der Waals surface area contributed by atoms with Crippen molar-refractivity contribution in [1.82, 2.24) is 10.3 Å². The number of benzene rings is 2. The summed E-state index contributed by atoms with van der Waals surface area (Å²) in [5.74, 6) is -1.16. The molecule has 0 spiro atoms. The van der Waals surface area contributed by atoms with Gasteiger partial charge < -0.3 is 24.8 Å². The van der Waals surface area contributed by atoms with E-state index in [1.807, 2.05) is 35.2 Å². The number of furan rings is 1. The summed E-state index contributed by atoms with van der Waals surface area (Å²) in [6.45, 7) is 4.27. The van der Waals surface area contributed by atoms with Crippen LogP contribution in [0.2, 0.25) is 0 Å². The minimum Gasteiger partial charge on any atom is -0.478 e. The Morgan fingerprint density at radius 3 is 2.24 bits per heavy atom. The van der Waals surface area contributed by atoms with Gasteiger partial charge in [-0.2, -0.15) is 0 Å². The fourth-order valence-corrected chi connectivity index (χ4v) is 4.97. The quantitative estimate of drug-likeness (QED) is 0.247. The number of aromatic nitrogens is 1. The molecule has 0 bridgehead atoms. The summed E-state index contributed by atoms with van der Waals surface area (Å²) in [5, 5.41) is 22.9. The Morgan fingerprint density at radius 2 is 1.66 bits per heavy atom. The third-order valence-corrected chi connectivity index (χ3v) is 6.88. The number of hydrogen-bond donors (Lipinski definition) is 3. The molecule has 3 heterocycles. The van der Waals surface area contributed by atoms with Gasteiger partial charge >= 0.3 is 11.9 Å². The van der Waals surface area contributed by atoms with Crippen LogP contribution < -0.4 is 10.2 Å². The van der Waals surface area contributed by atoms with Crippen LogP contribution in [-0.4, -0.2) is 32.2 Å². The van der Waals surface area contributed by atoms with Gasteiger partial charge in [0.15, 0.2) is 5.11 Å². The van der Waals surface area contributed by atoms with E-state index in [9.17, 15) is 19.8 Å². The van der Waals surface area contributed by atoms with Crippen molar-refractivity contribution >= 4 is 35.0 Å². The van der Waals surface area contributed by atoms with E-state index in [1.165, 1.54) is 17.7 Å². The topological polar surface area (TPSA) is 116 Å². The molecule has 5 rings (SSSR count). The molecule has 4 aromatic rings. The van der Waals surface area contributed by atoms with Crippen molar-refractivity contribution < 1.29 is 24.2 Å². The molecule has 1 fully saturated rings. The third kappa shape index (κ3) is 4.76. The van der Waals surface area contributed by atoms with Crippen molar-refractivity contribution in [3.63, 3.8) is 0 Å². The summed E-state index contributed by atoms with van der Waals surface area (Å²) in [7, 11) is 0. The number of carboxylic acids is 2. The van der Waals surface area contributed by atoms with Crippen LogP contribution in [-0.2, 0) is 0 Å². The van der Waals surface area contributed by atoms with Gasteiger partial charge in [-0.05, 0) is 78.3 Å². The van der Waals surface area contributed by atoms with Crippen LogP contribution >= 0.6 is 12.2 Å². The van der Waals surface area contributed by atoms with E-state index >= 15 is 0 Å². The maximum absolute atomic E-state index is 11.6. The molecule has 0 unspecified atom stereocenters. The summed E-state index contributed by atoms with van der Waals surface area (Å²) in [6, 6.07) is 20.6. The first-order valence-corrected chi connectivity index (χ1v) is 12.5. The minimum absolute atomic E-state index is 0.139. The highest BCUT2D eigenvalue weighted by Gasteiger charge is 2.42. The Hall–Kier alpha value is -4.50. The number of nitrogens with one attached hydrogen (secondary N) is 1. The number of aromatic carboxylic acids is 2. The maximum atomic E-state index is 11.6. The van der Waals surface area contributed by atoms with Crippen molar-refractivity contribution in [2.75, 3.05) is 4.90 Å². The number of anilines is 1. The van der Waals surface area contributed by atoms with Crippen LogP contribution in [0, 0.1) is 0 Å². The zero-order chi connectivity index (χ0) is 27.0. The highest BCUT2D eigenvalue weighted by Crippen LogP contribution is 2.43. The fourth-order valence-electron chi connectivity index (χ4n) is 4.63. The van der Waals surface area contributed by atoms with Gasteiger partial charge in [-0.1, -0.05) is 32.0 Å². The molecule has 2 aromatic heterocycles. The van der Waals surface area contributed by atoms with E-state index in [0.717, 1.165) is 17.4 Å². The van der Waals surface area contributed by atoms with E-state index in [-0.39, 0.29) is 17.2 Å². The van der Waals surface area contributed by atoms with Crippen LogP contribution in [0.25, 0.3) is 11.3 Å². The summed E-state index contributed by atoms with van der Waals surface area (Å²) in [6.07, 6.45) is 1.72. The number of rotatable bonds is 7. The van der Waals surface area contributed by atoms with Crippen LogP contribution in [0.15, 0.2) is 83.4 Å². The molecule has 8 nitrogen and oxygen atoms in total. The van der Waals surface area contributed by atoms with Gasteiger partial charge in [0.05, 0.1) is 22.9 Å². The Bertz CT molecular complexity index is 1480. The van der Waals surface area contributed by atoms with Crippen LogP contribution in [0.4, 0.5) is 5.69 Å². The first-order valence-electron chi connectivity index (χ1n) is 12.1. The van der Waals surface area contributed by atoms with Crippen molar-refractivity contribution in [3.8, 4) is 11.3 Å². The Labute approximate surface area is 224 Å². The average Bonchev–Trinajstić information content (AvgIpc) is 3.53. The van der Waals surface area contributed by atoms with Crippen molar-refractivity contribution in [2.45, 2.75) is 31.8 Å². The van der Waals surface area contributed by atoms with Crippen LogP contribution in [0.3, 0.4) is 0 Å². The minimum atomic E-state index is -1.22. The zero-order valence-electron chi connectivity index (χ0n) is 20.7. The second kappa shape index (κ2) is 10.1. The highest BCUT2D eigenvalue weighted by atomic mass is 32.1. The summed E-state index contributed by atoms with van der Waals surface area (Å²) < 4.78 is 6.28. The number of carboxylic acid groups (broad SMARTS) is 2. The van der Waals surface area contributed by atoms with Gasteiger partial charge in [0.1, 0.15) is 17.6 Å². The van der Waals surface area contributed by atoms with Crippen molar-refractivity contribution in [2.24, 2.45) is 0 Å².